The molecular formula is C19H27N5O6S. The van der Waals surface area contributed by atoms with E-state index in [4.69, 9.17) is 10.2 Å². The molecule has 1 aliphatic carbocycles. The number of aliphatic carboxylic acids is 2. The number of aromatic nitrogens is 3. The summed E-state index contributed by atoms with van der Waals surface area (Å²) in [6.45, 7) is 1.89. The molecular weight excluding hydrogens is 426 g/mol. The minimum absolute atomic E-state index is 0.0501. The minimum atomic E-state index is -3.13. The lowest BCUT2D eigenvalue weighted by atomic mass is 9.91. The van der Waals surface area contributed by atoms with Crippen LogP contribution in [0.3, 0.4) is 0 Å². The van der Waals surface area contributed by atoms with E-state index in [1.807, 2.05) is 19.2 Å². The molecule has 0 spiro atoms. The van der Waals surface area contributed by atoms with Crippen molar-refractivity contribution in [3.05, 3.63) is 30.2 Å². The number of nitrogens with one attached hydrogen (secondary N) is 2. The van der Waals surface area contributed by atoms with Crippen LogP contribution in [-0.4, -0.2) is 70.9 Å². The van der Waals surface area contributed by atoms with Crippen molar-refractivity contribution in [3.8, 4) is 0 Å². The topological polar surface area (TPSA) is 166 Å². The molecule has 31 heavy (non-hydrogen) atoms. The van der Waals surface area contributed by atoms with Gasteiger partial charge in [0.2, 0.25) is 10.0 Å². The molecule has 0 radical (unpaired) electrons. The first-order valence-electron chi connectivity index (χ1n) is 9.62. The number of hydrogen-bond donors (Lipinski definition) is 4. The monoisotopic (exact) mass is 453 g/mol. The Labute approximate surface area is 180 Å². The third kappa shape index (κ3) is 7.64. The predicted octanol–water partition coefficient (Wildman–Crippen LogP) is 1.27. The van der Waals surface area contributed by atoms with Gasteiger partial charge < -0.3 is 20.1 Å². The van der Waals surface area contributed by atoms with Crippen LogP contribution < -0.4 is 9.62 Å². The number of carboxylic acid groups (broad SMARTS) is 2. The van der Waals surface area contributed by atoms with Crippen LogP contribution in [0.5, 0.6) is 0 Å². The molecule has 0 aliphatic heterocycles. The van der Waals surface area contributed by atoms with Gasteiger partial charge in [0.05, 0.1) is 11.6 Å². The van der Waals surface area contributed by atoms with Crippen molar-refractivity contribution in [2.75, 3.05) is 18.2 Å². The van der Waals surface area contributed by atoms with E-state index in [0.29, 0.717) is 18.2 Å². The number of fused-ring (bicyclic) bond motifs is 1. The maximum absolute atomic E-state index is 11.3. The van der Waals surface area contributed by atoms with Crippen LogP contribution in [0, 0.1) is 6.92 Å². The number of carbonyl (C=O) groups is 2. The molecule has 1 aliphatic rings. The number of anilines is 1. The molecule has 0 bridgehead atoms. The van der Waals surface area contributed by atoms with Gasteiger partial charge in [0.25, 0.3) is 0 Å². The Morgan fingerprint density at radius 3 is 2.26 bits per heavy atom. The van der Waals surface area contributed by atoms with Gasteiger partial charge in [0, 0.05) is 37.5 Å². The summed E-state index contributed by atoms with van der Waals surface area (Å²) in [6.07, 6.45) is 7.80. The average Bonchev–Trinajstić information content (AvgIpc) is 3.13. The molecule has 0 atom stereocenters. The summed E-state index contributed by atoms with van der Waals surface area (Å²) in [5, 5.41) is 16.6. The van der Waals surface area contributed by atoms with Gasteiger partial charge in [-0.05, 0) is 38.7 Å². The van der Waals surface area contributed by atoms with Gasteiger partial charge in [-0.1, -0.05) is 0 Å². The maximum atomic E-state index is 11.3. The van der Waals surface area contributed by atoms with Crippen LogP contribution in [0.15, 0.2) is 24.4 Å². The SMILES string of the molecule is Cc1nc(N(C)C2CCC(NS(C)(=O)=O)CC2)c2cc[nH]c2n1.O=C(O)/C=C\C(=O)O. The van der Waals surface area contributed by atoms with Crippen LogP contribution in [0.2, 0.25) is 0 Å². The van der Waals surface area contributed by atoms with Crippen LogP contribution in [0.1, 0.15) is 31.5 Å². The molecule has 0 unspecified atom stereocenters. The van der Waals surface area contributed by atoms with E-state index in [1.54, 1.807) is 0 Å². The van der Waals surface area contributed by atoms with E-state index in [0.717, 1.165) is 48.4 Å². The fourth-order valence-corrected chi connectivity index (χ4v) is 4.34. The van der Waals surface area contributed by atoms with Crippen molar-refractivity contribution in [1.29, 1.82) is 0 Å². The summed E-state index contributed by atoms with van der Waals surface area (Å²) in [5.74, 6) is -0.831. The standard InChI is InChI=1S/C15H23N5O2S.C4H4O4/c1-10-17-14-13(8-9-16-14)15(18-10)20(2)12-6-4-11(5-7-12)19-23(3,21)22;5-3(6)1-2-4(7)8/h8-9,11-12,19H,4-7H2,1-3H3,(H,16,17,18);1-2H,(H,5,6)(H,7,8)/b;2-1-. The number of hydrogen-bond acceptors (Lipinski definition) is 7. The van der Waals surface area contributed by atoms with Crippen molar-refractivity contribution in [1.82, 2.24) is 19.7 Å². The summed E-state index contributed by atoms with van der Waals surface area (Å²) >= 11 is 0. The van der Waals surface area contributed by atoms with E-state index < -0.39 is 22.0 Å². The zero-order valence-corrected chi connectivity index (χ0v) is 18.4. The molecule has 11 nitrogen and oxygen atoms in total. The van der Waals surface area contributed by atoms with E-state index in [9.17, 15) is 18.0 Å². The fourth-order valence-electron chi connectivity index (χ4n) is 3.50. The predicted molar refractivity (Wildman–Crippen MR) is 115 cm³/mol. The zero-order chi connectivity index (χ0) is 23.2. The normalized spacial score (nSPS) is 19.1. The Morgan fingerprint density at radius 1 is 1.16 bits per heavy atom. The lowest BCUT2D eigenvalue weighted by Gasteiger charge is -2.35. The van der Waals surface area contributed by atoms with Crippen molar-refractivity contribution in [2.45, 2.75) is 44.7 Å². The largest absolute Gasteiger partial charge is 0.478 e. The summed E-state index contributed by atoms with van der Waals surface area (Å²) in [4.78, 5) is 33.5. The summed E-state index contributed by atoms with van der Waals surface area (Å²) in [7, 11) is -1.07. The Bertz CT molecular complexity index is 1040. The second-order valence-corrected chi connectivity index (χ2v) is 9.13. The van der Waals surface area contributed by atoms with Crippen molar-refractivity contribution >= 4 is 38.8 Å². The number of sulfonamides is 1. The summed E-state index contributed by atoms with van der Waals surface area (Å²) in [6, 6.07) is 2.41. The molecule has 3 rings (SSSR count). The molecule has 1 saturated carbocycles. The van der Waals surface area contributed by atoms with Gasteiger partial charge in [0.15, 0.2) is 0 Å². The van der Waals surface area contributed by atoms with Gasteiger partial charge >= 0.3 is 11.9 Å². The third-order valence-corrected chi connectivity index (χ3v) is 5.60. The maximum Gasteiger partial charge on any atom is 0.328 e. The van der Waals surface area contributed by atoms with Crippen molar-refractivity contribution in [3.63, 3.8) is 0 Å². The molecule has 0 saturated heterocycles. The highest BCUT2D eigenvalue weighted by molar-refractivity contribution is 7.88. The van der Waals surface area contributed by atoms with Crippen LogP contribution >= 0.6 is 0 Å². The Morgan fingerprint density at radius 2 is 1.74 bits per heavy atom. The Kier molecular flexibility index (Phi) is 8.11. The lowest BCUT2D eigenvalue weighted by molar-refractivity contribution is -0.134. The summed E-state index contributed by atoms with van der Waals surface area (Å²) in [5.41, 5.74) is 0.853. The molecule has 0 aromatic carbocycles. The first-order chi connectivity index (χ1) is 14.5. The number of rotatable bonds is 6. The van der Waals surface area contributed by atoms with E-state index >= 15 is 0 Å². The molecule has 0 amide bonds. The highest BCUT2D eigenvalue weighted by atomic mass is 32.2. The van der Waals surface area contributed by atoms with Crippen LogP contribution in [-0.2, 0) is 19.6 Å². The number of nitrogens with zero attached hydrogens (tertiary/aromatic N) is 3. The van der Waals surface area contributed by atoms with E-state index in [-0.39, 0.29) is 6.04 Å². The molecule has 170 valence electrons. The Hall–Kier alpha value is -2.99. The lowest BCUT2D eigenvalue weighted by Crippen LogP contribution is -2.42. The van der Waals surface area contributed by atoms with Crippen LogP contribution in [0.25, 0.3) is 11.0 Å². The highest BCUT2D eigenvalue weighted by Crippen LogP contribution is 2.29. The number of aryl methyl sites for hydroxylation is 1. The molecule has 1 fully saturated rings. The first kappa shape index (κ1) is 24.3. The molecule has 2 aromatic heterocycles. The van der Waals surface area contributed by atoms with Gasteiger partial charge in [-0.3, -0.25) is 0 Å². The van der Waals surface area contributed by atoms with Gasteiger partial charge in [0.1, 0.15) is 17.3 Å². The Balaban J connectivity index is 0.000000366. The minimum Gasteiger partial charge on any atom is -0.478 e. The van der Waals surface area contributed by atoms with E-state index in [1.165, 1.54) is 6.26 Å². The van der Waals surface area contributed by atoms with Gasteiger partial charge in [-0.2, -0.15) is 0 Å². The molecule has 2 aromatic rings. The second kappa shape index (κ2) is 10.4. The summed E-state index contributed by atoms with van der Waals surface area (Å²) < 4.78 is 25.4. The number of H-pyrrole nitrogens is 1. The van der Waals surface area contributed by atoms with Crippen molar-refractivity contribution < 1.29 is 28.2 Å². The quantitative estimate of drug-likeness (QED) is 0.471. The first-order valence-corrected chi connectivity index (χ1v) is 11.5. The van der Waals surface area contributed by atoms with Crippen molar-refractivity contribution in [2.24, 2.45) is 0 Å². The fraction of sp³-hybridized carbons (Fsp3) is 0.474. The molecule has 12 heteroatoms. The second-order valence-electron chi connectivity index (χ2n) is 7.35. The van der Waals surface area contributed by atoms with Crippen LogP contribution in [0.4, 0.5) is 5.82 Å². The third-order valence-electron chi connectivity index (χ3n) is 4.84. The van der Waals surface area contributed by atoms with Gasteiger partial charge in [-0.15, -0.1) is 0 Å². The average molecular weight is 454 g/mol. The smallest absolute Gasteiger partial charge is 0.328 e. The highest BCUT2D eigenvalue weighted by Gasteiger charge is 2.27. The van der Waals surface area contributed by atoms with Gasteiger partial charge in [-0.25, -0.2) is 32.7 Å². The zero-order valence-electron chi connectivity index (χ0n) is 17.6. The van der Waals surface area contributed by atoms with E-state index in [2.05, 4.69) is 31.6 Å². The number of carboxylic acids is 2. The molecule has 4 N–H and O–H groups in total. The molecule has 2 heterocycles. The number of aromatic amines is 1.